The molecular formula is C18H27N3O3. The van der Waals surface area contributed by atoms with Crippen LogP contribution in [0.15, 0.2) is 24.3 Å². The minimum Gasteiger partial charge on any atom is -0.497 e. The normalized spacial score (nSPS) is 20.0. The summed E-state index contributed by atoms with van der Waals surface area (Å²) < 4.78 is 10.5. The Kier molecular flexibility index (Phi) is 5.93. The number of methoxy groups -OCH3 is 1. The van der Waals surface area contributed by atoms with Crippen LogP contribution in [-0.4, -0.2) is 68.9 Å². The summed E-state index contributed by atoms with van der Waals surface area (Å²) in [6, 6.07) is 7.42. The van der Waals surface area contributed by atoms with E-state index in [2.05, 4.69) is 10.2 Å². The van der Waals surface area contributed by atoms with E-state index in [1.54, 1.807) is 7.11 Å². The topological polar surface area (TPSA) is 54.0 Å². The number of nitrogens with zero attached hydrogens (tertiary/aromatic N) is 2. The third-order valence-electron chi connectivity index (χ3n) is 4.86. The third kappa shape index (κ3) is 4.61. The molecule has 6 nitrogen and oxygen atoms in total. The molecule has 0 aliphatic carbocycles. The van der Waals surface area contributed by atoms with Crippen molar-refractivity contribution in [3.8, 4) is 5.75 Å². The van der Waals surface area contributed by atoms with Gasteiger partial charge in [-0.25, -0.2) is 4.79 Å². The smallest absolute Gasteiger partial charge is 0.321 e. The summed E-state index contributed by atoms with van der Waals surface area (Å²) in [5.74, 6) is 1.48. The average molecular weight is 333 g/mol. The van der Waals surface area contributed by atoms with Gasteiger partial charge in [-0.15, -0.1) is 0 Å². The molecular weight excluding hydrogens is 306 g/mol. The summed E-state index contributed by atoms with van der Waals surface area (Å²) in [7, 11) is 1.63. The first-order valence-electron chi connectivity index (χ1n) is 8.74. The second-order valence-electron chi connectivity index (χ2n) is 6.50. The number of morpholine rings is 1. The second-order valence-corrected chi connectivity index (χ2v) is 6.50. The molecule has 24 heavy (non-hydrogen) atoms. The van der Waals surface area contributed by atoms with E-state index in [4.69, 9.17) is 9.47 Å². The molecule has 3 rings (SSSR count). The molecule has 2 aliphatic heterocycles. The number of urea groups is 1. The minimum atomic E-state index is -0.00927. The first-order chi connectivity index (χ1) is 11.7. The van der Waals surface area contributed by atoms with Crippen molar-refractivity contribution in [3.05, 3.63) is 24.3 Å². The monoisotopic (exact) mass is 333 g/mol. The van der Waals surface area contributed by atoms with E-state index in [0.717, 1.165) is 70.2 Å². The predicted molar refractivity (Wildman–Crippen MR) is 93.6 cm³/mol. The number of carbonyl (C=O) groups excluding carboxylic acids is 1. The molecule has 1 aromatic carbocycles. The molecule has 0 unspecified atom stereocenters. The molecule has 6 heteroatoms. The van der Waals surface area contributed by atoms with Gasteiger partial charge in [-0.3, -0.25) is 4.90 Å². The van der Waals surface area contributed by atoms with E-state index < -0.39 is 0 Å². The first-order valence-corrected chi connectivity index (χ1v) is 8.74. The molecule has 2 saturated heterocycles. The number of nitrogens with one attached hydrogen (secondary N) is 1. The Hall–Kier alpha value is -1.79. The lowest BCUT2D eigenvalue weighted by molar-refractivity contribution is 0.0260. The van der Waals surface area contributed by atoms with Crippen LogP contribution in [0.3, 0.4) is 0 Å². The number of rotatable bonds is 4. The zero-order chi connectivity index (χ0) is 16.8. The van der Waals surface area contributed by atoms with Gasteiger partial charge in [0, 0.05) is 38.4 Å². The quantitative estimate of drug-likeness (QED) is 0.918. The van der Waals surface area contributed by atoms with E-state index in [0.29, 0.717) is 5.92 Å². The largest absolute Gasteiger partial charge is 0.497 e. The zero-order valence-corrected chi connectivity index (χ0v) is 14.4. The highest BCUT2D eigenvalue weighted by Crippen LogP contribution is 2.21. The van der Waals surface area contributed by atoms with Crippen LogP contribution in [0.5, 0.6) is 5.75 Å². The lowest BCUT2D eigenvalue weighted by atomic mass is 9.96. The molecule has 0 spiro atoms. The van der Waals surface area contributed by atoms with Crippen molar-refractivity contribution in [2.24, 2.45) is 5.92 Å². The molecule has 1 N–H and O–H groups in total. The van der Waals surface area contributed by atoms with Crippen LogP contribution in [0.2, 0.25) is 0 Å². The molecule has 2 aliphatic rings. The molecule has 2 heterocycles. The molecule has 132 valence electrons. The van der Waals surface area contributed by atoms with Gasteiger partial charge in [-0.2, -0.15) is 0 Å². The maximum atomic E-state index is 12.4. The molecule has 2 amide bonds. The fourth-order valence-electron chi connectivity index (χ4n) is 3.34. The number of hydrogen-bond acceptors (Lipinski definition) is 4. The van der Waals surface area contributed by atoms with Crippen molar-refractivity contribution in [1.82, 2.24) is 9.80 Å². The fraction of sp³-hybridized carbons (Fsp3) is 0.611. The third-order valence-corrected chi connectivity index (χ3v) is 4.86. The van der Waals surface area contributed by atoms with Gasteiger partial charge in [0.2, 0.25) is 0 Å². The van der Waals surface area contributed by atoms with Gasteiger partial charge in [-0.1, -0.05) is 0 Å². The molecule has 0 bridgehead atoms. The summed E-state index contributed by atoms with van der Waals surface area (Å²) in [6.45, 7) is 6.58. The second kappa shape index (κ2) is 8.35. The molecule has 0 atom stereocenters. The summed E-state index contributed by atoms with van der Waals surface area (Å²) >= 11 is 0. The van der Waals surface area contributed by atoms with E-state index in [1.165, 1.54) is 0 Å². The molecule has 0 saturated carbocycles. The summed E-state index contributed by atoms with van der Waals surface area (Å²) in [6.07, 6.45) is 2.15. The van der Waals surface area contributed by atoms with Crippen LogP contribution in [0.1, 0.15) is 12.8 Å². The van der Waals surface area contributed by atoms with Crippen LogP contribution in [0, 0.1) is 5.92 Å². The van der Waals surface area contributed by atoms with Crippen molar-refractivity contribution in [2.75, 3.05) is 58.4 Å². The number of ether oxygens (including phenoxy) is 2. The van der Waals surface area contributed by atoms with Crippen LogP contribution in [0.25, 0.3) is 0 Å². The highest BCUT2D eigenvalue weighted by Gasteiger charge is 2.25. The highest BCUT2D eigenvalue weighted by molar-refractivity contribution is 5.89. The maximum Gasteiger partial charge on any atom is 0.321 e. The standard InChI is InChI=1S/C18H27N3O3/c1-23-17-4-2-16(3-5-17)19-18(22)21-8-6-15(7-9-21)14-20-10-12-24-13-11-20/h2-5,15H,6-14H2,1H3,(H,19,22). The van der Waals surface area contributed by atoms with Crippen molar-refractivity contribution in [3.63, 3.8) is 0 Å². The van der Waals surface area contributed by atoms with Gasteiger partial charge < -0.3 is 19.7 Å². The van der Waals surface area contributed by atoms with Crippen molar-refractivity contribution < 1.29 is 14.3 Å². The average Bonchev–Trinajstić information content (AvgIpc) is 2.64. The van der Waals surface area contributed by atoms with Gasteiger partial charge >= 0.3 is 6.03 Å². The number of benzene rings is 1. The Bertz CT molecular complexity index is 521. The Morgan fingerprint density at radius 1 is 1.17 bits per heavy atom. The SMILES string of the molecule is COc1ccc(NC(=O)N2CCC(CN3CCOCC3)CC2)cc1. The van der Waals surface area contributed by atoms with E-state index in [9.17, 15) is 4.79 Å². The maximum absolute atomic E-state index is 12.4. The number of piperidine rings is 1. The van der Waals surface area contributed by atoms with Gasteiger partial charge in [-0.05, 0) is 43.0 Å². The highest BCUT2D eigenvalue weighted by atomic mass is 16.5. The Morgan fingerprint density at radius 3 is 2.46 bits per heavy atom. The summed E-state index contributed by atoms with van der Waals surface area (Å²) in [5, 5.41) is 2.96. The van der Waals surface area contributed by atoms with Gasteiger partial charge in [0.15, 0.2) is 0 Å². The van der Waals surface area contributed by atoms with Crippen molar-refractivity contribution >= 4 is 11.7 Å². The summed E-state index contributed by atoms with van der Waals surface area (Å²) in [5.41, 5.74) is 0.802. The summed E-state index contributed by atoms with van der Waals surface area (Å²) in [4.78, 5) is 16.8. The molecule has 0 radical (unpaired) electrons. The van der Waals surface area contributed by atoms with Crippen LogP contribution < -0.4 is 10.1 Å². The van der Waals surface area contributed by atoms with Crippen molar-refractivity contribution in [2.45, 2.75) is 12.8 Å². The number of amides is 2. The van der Waals surface area contributed by atoms with Crippen molar-refractivity contribution in [1.29, 1.82) is 0 Å². The number of carbonyl (C=O) groups is 1. The number of likely N-dealkylation sites (tertiary alicyclic amines) is 1. The van der Waals surface area contributed by atoms with Gasteiger partial charge in [0.05, 0.1) is 20.3 Å². The minimum absolute atomic E-state index is 0.00927. The van der Waals surface area contributed by atoms with E-state index in [-0.39, 0.29) is 6.03 Å². The lowest BCUT2D eigenvalue weighted by Gasteiger charge is -2.36. The van der Waals surface area contributed by atoms with Gasteiger partial charge in [0.1, 0.15) is 5.75 Å². The van der Waals surface area contributed by atoms with Crippen LogP contribution in [-0.2, 0) is 4.74 Å². The number of hydrogen-bond donors (Lipinski definition) is 1. The lowest BCUT2D eigenvalue weighted by Crippen LogP contribution is -2.45. The molecule has 1 aromatic rings. The number of anilines is 1. The fourth-order valence-corrected chi connectivity index (χ4v) is 3.34. The van der Waals surface area contributed by atoms with E-state index >= 15 is 0 Å². The molecule has 0 aromatic heterocycles. The Balaban J connectivity index is 1.42. The van der Waals surface area contributed by atoms with Crippen LogP contribution >= 0.6 is 0 Å². The first kappa shape index (κ1) is 17.0. The predicted octanol–water partition coefficient (Wildman–Crippen LogP) is 2.27. The molecule has 2 fully saturated rings. The Labute approximate surface area is 143 Å². The van der Waals surface area contributed by atoms with E-state index in [1.807, 2.05) is 29.2 Å². The zero-order valence-electron chi connectivity index (χ0n) is 14.4. The van der Waals surface area contributed by atoms with Crippen LogP contribution in [0.4, 0.5) is 10.5 Å². The van der Waals surface area contributed by atoms with Gasteiger partial charge in [0.25, 0.3) is 0 Å². The Morgan fingerprint density at radius 2 is 1.83 bits per heavy atom.